The van der Waals surface area contributed by atoms with Crippen LogP contribution in [0.3, 0.4) is 0 Å². The largest absolute Gasteiger partial charge is 0.399 e. The highest BCUT2D eigenvalue weighted by Crippen LogP contribution is 2.24. The number of hydrogen-bond donors (Lipinski definition) is 1. The molecule has 0 saturated carbocycles. The second-order valence-corrected chi connectivity index (χ2v) is 4.79. The van der Waals surface area contributed by atoms with Gasteiger partial charge in [0, 0.05) is 28.7 Å². The van der Waals surface area contributed by atoms with Crippen molar-refractivity contribution in [2.45, 2.75) is 11.3 Å². The molecule has 2 rings (SSSR count). The topological polar surface area (TPSA) is 38.9 Å². The number of thioether (sulfide) groups is 1. The second kappa shape index (κ2) is 5.68. The first-order chi connectivity index (χ1) is 8.25. The van der Waals surface area contributed by atoms with Crippen LogP contribution in [0.4, 0.5) is 10.1 Å². The third-order valence-corrected chi connectivity index (χ3v) is 3.38. The predicted molar refractivity (Wildman–Crippen MR) is 69.5 cm³/mol. The molecule has 88 valence electrons. The van der Waals surface area contributed by atoms with Crippen LogP contribution in [0.2, 0.25) is 0 Å². The zero-order valence-electron chi connectivity index (χ0n) is 9.27. The van der Waals surface area contributed by atoms with Gasteiger partial charge in [0.1, 0.15) is 5.82 Å². The van der Waals surface area contributed by atoms with E-state index in [9.17, 15) is 4.39 Å². The molecule has 0 amide bonds. The molecular formula is C13H13FN2S. The summed E-state index contributed by atoms with van der Waals surface area (Å²) >= 11 is 1.49. The van der Waals surface area contributed by atoms with Crippen molar-refractivity contribution in [1.29, 1.82) is 0 Å². The van der Waals surface area contributed by atoms with Crippen molar-refractivity contribution in [3.63, 3.8) is 0 Å². The van der Waals surface area contributed by atoms with Gasteiger partial charge in [0.05, 0.1) is 0 Å². The number of rotatable bonds is 4. The molecule has 0 unspecified atom stereocenters. The Bertz CT molecular complexity index is 488. The zero-order valence-corrected chi connectivity index (χ0v) is 10.1. The van der Waals surface area contributed by atoms with Gasteiger partial charge in [-0.05, 0) is 36.2 Å². The number of nitrogens with two attached hydrogens (primary N) is 1. The number of aryl methyl sites for hydroxylation is 1. The average Bonchev–Trinajstić information content (AvgIpc) is 2.33. The molecule has 0 atom stereocenters. The van der Waals surface area contributed by atoms with Gasteiger partial charge in [0.2, 0.25) is 0 Å². The van der Waals surface area contributed by atoms with Gasteiger partial charge in [-0.1, -0.05) is 6.07 Å². The predicted octanol–water partition coefficient (Wildman–Crippen LogP) is 3.14. The van der Waals surface area contributed by atoms with Crippen LogP contribution in [-0.4, -0.2) is 10.7 Å². The van der Waals surface area contributed by atoms with E-state index in [-0.39, 0.29) is 5.82 Å². The normalized spacial score (nSPS) is 10.4. The van der Waals surface area contributed by atoms with Crippen LogP contribution in [0.15, 0.2) is 47.6 Å². The number of hydrogen-bond acceptors (Lipinski definition) is 3. The fourth-order valence-corrected chi connectivity index (χ4v) is 2.38. The minimum Gasteiger partial charge on any atom is -0.399 e. The first-order valence-electron chi connectivity index (χ1n) is 5.32. The maximum absolute atomic E-state index is 13.5. The Morgan fingerprint density at radius 1 is 1.29 bits per heavy atom. The van der Waals surface area contributed by atoms with Crippen LogP contribution in [-0.2, 0) is 6.42 Å². The van der Waals surface area contributed by atoms with E-state index in [0.29, 0.717) is 10.6 Å². The third kappa shape index (κ3) is 3.46. The van der Waals surface area contributed by atoms with Gasteiger partial charge in [-0.2, -0.15) is 0 Å². The Kier molecular flexibility index (Phi) is 3.98. The molecule has 0 aliphatic carbocycles. The number of halogens is 1. The van der Waals surface area contributed by atoms with Crippen molar-refractivity contribution in [3.8, 4) is 0 Å². The zero-order chi connectivity index (χ0) is 12.1. The van der Waals surface area contributed by atoms with Crippen LogP contribution in [0, 0.1) is 5.82 Å². The van der Waals surface area contributed by atoms with Gasteiger partial charge in [-0.3, -0.25) is 4.98 Å². The molecule has 2 nitrogen and oxygen atoms in total. The fourth-order valence-electron chi connectivity index (χ4n) is 1.46. The molecule has 0 saturated heterocycles. The quantitative estimate of drug-likeness (QED) is 0.667. The van der Waals surface area contributed by atoms with E-state index in [1.54, 1.807) is 18.3 Å². The Balaban J connectivity index is 1.90. The van der Waals surface area contributed by atoms with E-state index < -0.39 is 0 Å². The maximum atomic E-state index is 13.5. The molecule has 0 fully saturated rings. The Morgan fingerprint density at radius 3 is 2.88 bits per heavy atom. The summed E-state index contributed by atoms with van der Waals surface area (Å²) in [5, 5.41) is 0. The lowest BCUT2D eigenvalue weighted by Crippen LogP contribution is -1.92. The van der Waals surface area contributed by atoms with Crippen molar-refractivity contribution >= 4 is 17.4 Å². The molecule has 1 aromatic heterocycles. The molecule has 17 heavy (non-hydrogen) atoms. The van der Waals surface area contributed by atoms with E-state index in [0.717, 1.165) is 17.7 Å². The monoisotopic (exact) mass is 248 g/mol. The SMILES string of the molecule is Nc1ccc(SCCc2cccnc2)c(F)c1. The van der Waals surface area contributed by atoms with Gasteiger partial charge >= 0.3 is 0 Å². The molecule has 2 N–H and O–H groups in total. The Morgan fingerprint density at radius 2 is 2.18 bits per heavy atom. The van der Waals surface area contributed by atoms with E-state index in [2.05, 4.69) is 4.98 Å². The van der Waals surface area contributed by atoms with Gasteiger partial charge in [-0.15, -0.1) is 11.8 Å². The Hall–Kier alpha value is -1.55. The highest BCUT2D eigenvalue weighted by atomic mass is 32.2. The van der Waals surface area contributed by atoms with Crippen molar-refractivity contribution in [3.05, 3.63) is 54.1 Å². The molecule has 4 heteroatoms. The van der Waals surface area contributed by atoms with E-state index in [1.807, 2.05) is 18.3 Å². The van der Waals surface area contributed by atoms with Crippen LogP contribution >= 0.6 is 11.8 Å². The highest BCUT2D eigenvalue weighted by molar-refractivity contribution is 7.99. The van der Waals surface area contributed by atoms with Crippen LogP contribution < -0.4 is 5.73 Å². The minimum absolute atomic E-state index is 0.249. The fraction of sp³-hybridized carbons (Fsp3) is 0.154. The summed E-state index contributed by atoms with van der Waals surface area (Å²) in [5.41, 5.74) is 7.11. The van der Waals surface area contributed by atoms with E-state index in [1.165, 1.54) is 17.8 Å². The molecule has 0 bridgehead atoms. The third-order valence-electron chi connectivity index (χ3n) is 2.33. The van der Waals surface area contributed by atoms with Crippen molar-refractivity contribution in [2.24, 2.45) is 0 Å². The van der Waals surface area contributed by atoms with Gasteiger partial charge in [0.15, 0.2) is 0 Å². The smallest absolute Gasteiger partial charge is 0.138 e. The summed E-state index contributed by atoms with van der Waals surface area (Å²) in [6.45, 7) is 0. The maximum Gasteiger partial charge on any atom is 0.138 e. The van der Waals surface area contributed by atoms with Crippen molar-refractivity contribution in [2.75, 3.05) is 11.5 Å². The summed E-state index contributed by atoms with van der Waals surface area (Å²) in [7, 11) is 0. The highest BCUT2D eigenvalue weighted by Gasteiger charge is 2.03. The van der Waals surface area contributed by atoms with Crippen molar-refractivity contribution < 1.29 is 4.39 Å². The van der Waals surface area contributed by atoms with E-state index >= 15 is 0 Å². The second-order valence-electron chi connectivity index (χ2n) is 3.65. The first-order valence-corrected chi connectivity index (χ1v) is 6.31. The molecular weight excluding hydrogens is 235 g/mol. The van der Waals surface area contributed by atoms with Gasteiger partial charge in [-0.25, -0.2) is 4.39 Å². The average molecular weight is 248 g/mol. The lowest BCUT2D eigenvalue weighted by molar-refractivity contribution is 0.603. The molecule has 1 aromatic carbocycles. The number of anilines is 1. The molecule has 1 heterocycles. The summed E-state index contributed by atoms with van der Waals surface area (Å²) in [6.07, 6.45) is 4.46. The standard InChI is InChI=1S/C13H13FN2S/c14-12-8-11(15)3-4-13(12)17-7-5-10-2-1-6-16-9-10/h1-4,6,8-9H,5,7,15H2. The van der Waals surface area contributed by atoms with Crippen molar-refractivity contribution in [1.82, 2.24) is 4.98 Å². The first kappa shape index (κ1) is 11.9. The number of pyridine rings is 1. The number of benzene rings is 1. The summed E-state index contributed by atoms with van der Waals surface area (Å²) in [5.74, 6) is 0.577. The summed E-state index contributed by atoms with van der Waals surface area (Å²) in [6, 6.07) is 8.72. The van der Waals surface area contributed by atoms with Gasteiger partial charge in [0.25, 0.3) is 0 Å². The summed E-state index contributed by atoms with van der Waals surface area (Å²) < 4.78 is 13.5. The molecule has 2 aromatic rings. The Labute approximate surface area is 104 Å². The lowest BCUT2D eigenvalue weighted by atomic mass is 10.2. The molecule has 0 aliphatic rings. The van der Waals surface area contributed by atoms with E-state index in [4.69, 9.17) is 5.73 Å². The number of nitrogens with zero attached hydrogens (tertiary/aromatic N) is 1. The molecule has 0 spiro atoms. The van der Waals surface area contributed by atoms with Crippen LogP contribution in [0.25, 0.3) is 0 Å². The minimum atomic E-state index is -0.249. The molecule has 0 radical (unpaired) electrons. The number of nitrogen functional groups attached to an aromatic ring is 1. The number of aromatic nitrogens is 1. The lowest BCUT2D eigenvalue weighted by Gasteiger charge is -2.04. The van der Waals surface area contributed by atoms with Crippen LogP contribution in [0.5, 0.6) is 0 Å². The van der Waals surface area contributed by atoms with Crippen LogP contribution in [0.1, 0.15) is 5.56 Å². The molecule has 0 aliphatic heterocycles. The summed E-state index contributed by atoms with van der Waals surface area (Å²) in [4.78, 5) is 4.68. The van der Waals surface area contributed by atoms with Gasteiger partial charge < -0.3 is 5.73 Å².